The zero-order valence-corrected chi connectivity index (χ0v) is 18.6. The number of carbonyl (C=O) groups is 3. The number of carbonyl (C=O) groups excluding carboxylic acids is 3. The van der Waals surface area contributed by atoms with Crippen molar-refractivity contribution < 1.29 is 39.9 Å². The molecule has 10 nitrogen and oxygen atoms in total. The zero-order chi connectivity index (χ0) is 24.6. The minimum atomic E-state index is -2.71. The second-order valence-electron chi connectivity index (χ2n) is 9.18. The van der Waals surface area contributed by atoms with Gasteiger partial charge in [0.25, 0.3) is 5.91 Å². The predicted octanol–water partition coefficient (Wildman–Crippen LogP) is 0.0463. The molecule has 0 aliphatic heterocycles. The largest absolute Gasteiger partial charge is 0.510 e. The Kier molecular flexibility index (Phi) is 4.97. The lowest BCUT2D eigenvalue weighted by Gasteiger charge is -2.52. The van der Waals surface area contributed by atoms with Crippen LogP contribution in [0, 0.1) is 11.8 Å². The number of rotatable bonds is 2. The number of hydrogen-bond acceptors (Lipinski definition) is 9. The Balaban J connectivity index is 2.04. The summed E-state index contributed by atoms with van der Waals surface area (Å²) < 4.78 is 0. The van der Waals surface area contributed by atoms with Crippen LogP contribution in [0.25, 0.3) is 0 Å². The number of hydrogen-bond donors (Lipinski definition) is 6. The number of Topliss-reactive ketones (excluding diaryl/α,β-unsaturated/α-hetero) is 2. The van der Waals surface area contributed by atoms with Gasteiger partial charge >= 0.3 is 0 Å². The van der Waals surface area contributed by atoms with Gasteiger partial charge in [0.1, 0.15) is 22.8 Å². The van der Waals surface area contributed by atoms with Crippen LogP contribution in [-0.4, -0.2) is 80.7 Å². The number of benzene rings is 1. The summed E-state index contributed by atoms with van der Waals surface area (Å²) in [6.45, 7) is 1.42. The van der Waals surface area contributed by atoms with Crippen LogP contribution < -0.4 is 5.32 Å². The van der Waals surface area contributed by atoms with Gasteiger partial charge in [0, 0.05) is 24.5 Å². The molecule has 3 aliphatic carbocycles. The van der Waals surface area contributed by atoms with Gasteiger partial charge in [-0.15, -0.1) is 0 Å². The van der Waals surface area contributed by atoms with Crippen molar-refractivity contribution in [3.05, 3.63) is 52.0 Å². The Bertz CT molecular complexity index is 1160. The van der Waals surface area contributed by atoms with E-state index in [-0.39, 0.29) is 17.5 Å². The Morgan fingerprint density at radius 1 is 1.15 bits per heavy atom. The molecule has 0 fully saturated rings. The Morgan fingerprint density at radius 3 is 2.36 bits per heavy atom. The van der Waals surface area contributed by atoms with E-state index in [2.05, 4.69) is 5.32 Å². The molecule has 1 amide bonds. The van der Waals surface area contributed by atoms with E-state index in [1.807, 2.05) is 0 Å². The normalized spacial score (nSPS) is 33.6. The number of amides is 1. The van der Waals surface area contributed by atoms with Gasteiger partial charge in [-0.2, -0.15) is 0 Å². The number of fused-ring (bicyclic) bond motifs is 3. The monoisotopic (exact) mass is 458 g/mol. The van der Waals surface area contributed by atoms with Gasteiger partial charge in [-0.25, -0.2) is 0 Å². The molecule has 0 saturated heterocycles. The van der Waals surface area contributed by atoms with E-state index in [4.69, 9.17) is 0 Å². The Labute approximate surface area is 189 Å². The topological polar surface area (TPSA) is 168 Å². The first-order valence-electron chi connectivity index (χ1n) is 10.4. The zero-order valence-electron chi connectivity index (χ0n) is 18.6. The lowest BCUT2D eigenvalue weighted by molar-refractivity contribution is -0.152. The molecule has 0 saturated carbocycles. The van der Waals surface area contributed by atoms with Gasteiger partial charge in [-0.05, 0) is 39.1 Å². The molecule has 5 atom stereocenters. The number of aliphatic hydroxyl groups excluding tert-OH is 2. The number of nitrogens with zero attached hydrogens (tertiary/aromatic N) is 1. The van der Waals surface area contributed by atoms with Crippen LogP contribution in [0.1, 0.15) is 29.3 Å². The standard InChI is InChI=1S/C23H26N2O8/c1-22(32)9-6-5-7-12(26)13(9)17(27)14-10(22)8-11-16(25(3)4)18(28)15(21(31)24-2)20(30)23(11,33)19(14)29/h5-7,10-11,16,26,28-29,32-33H,8H2,1-4H3,(H,24,31). The molecular weight excluding hydrogens is 432 g/mol. The van der Waals surface area contributed by atoms with E-state index >= 15 is 0 Å². The number of aromatic hydroxyl groups is 1. The number of aliphatic hydroxyl groups is 4. The molecule has 33 heavy (non-hydrogen) atoms. The smallest absolute Gasteiger partial charge is 0.258 e. The number of ketones is 2. The summed E-state index contributed by atoms with van der Waals surface area (Å²) in [5.41, 5.74) is -5.68. The number of nitrogens with one attached hydrogen (secondary N) is 1. The van der Waals surface area contributed by atoms with Crippen LogP contribution in [0.4, 0.5) is 0 Å². The van der Waals surface area contributed by atoms with Gasteiger partial charge in [-0.3, -0.25) is 19.3 Å². The second kappa shape index (κ2) is 7.14. The summed E-state index contributed by atoms with van der Waals surface area (Å²) >= 11 is 0. The molecule has 1 aromatic carbocycles. The highest BCUT2D eigenvalue weighted by Crippen LogP contribution is 2.56. The Hall–Kier alpha value is -3.21. The van der Waals surface area contributed by atoms with Crippen molar-refractivity contribution in [2.75, 3.05) is 21.1 Å². The number of phenols is 1. The van der Waals surface area contributed by atoms with Gasteiger partial charge in [0.05, 0.1) is 17.2 Å². The van der Waals surface area contributed by atoms with Crippen LogP contribution in [0.5, 0.6) is 5.75 Å². The third kappa shape index (κ3) is 2.74. The van der Waals surface area contributed by atoms with Crippen molar-refractivity contribution in [1.82, 2.24) is 10.2 Å². The lowest BCUT2D eigenvalue weighted by atomic mass is 9.55. The molecule has 4 rings (SSSR count). The first-order valence-corrected chi connectivity index (χ1v) is 10.4. The SMILES string of the molecule is CNC(=O)C1=C(O)C(N(C)C)C2CC3C(=C(O)C2(O)C1=O)C(=O)c1c(O)cccc1C3(C)O. The summed E-state index contributed by atoms with van der Waals surface area (Å²) in [4.78, 5) is 40.6. The molecule has 10 heteroatoms. The van der Waals surface area contributed by atoms with Crippen LogP contribution >= 0.6 is 0 Å². The minimum absolute atomic E-state index is 0.147. The summed E-state index contributed by atoms with van der Waals surface area (Å²) in [5.74, 6) is -7.28. The fourth-order valence-electron chi connectivity index (χ4n) is 5.62. The van der Waals surface area contributed by atoms with Crippen LogP contribution in [0.2, 0.25) is 0 Å². The van der Waals surface area contributed by atoms with Crippen LogP contribution in [-0.2, 0) is 15.2 Å². The fraction of sp³-hybridized carbons (Fsp3) is 0.435. The van der Waals surface area contributed by atoms with E-state index in [0.717, 1.165) is 0 Å². The van der Waals surface area contributed by atoms with E-state index in [9.17, 15) is 39.9 Å². The molecule has 0 spiro atoms. The molecule has 1 aromatic rings. The van der Waals surface area contributed by atoms with Crippen molar-refractivity contribution in [3.8, 4) is 5.75 Å². The van der Waals surface area contributed by atoms with E-state index in [1.165, 1.54) is 37.1 Å². The van der Waals surface area contributed by atoms with Gasteiger partial charge in [0.2, 0.25) is 5.78 Å². The van der Waals surface area contributed by atoms with Crippen molar-refractivity contribution in [1.29, 1.82) is 0 Å². The number of likely N-dealkylation sites (N-methyl/N-ethyl adjacent to an activating group) is 2. The highest BCUT2D eigenvalue weighted by molar-refractivity contribution is 6.25. The molecule has 0 heterocycles. The molecule has 0 aromatic heterocycles. The highest BCUT2D eigenvalue weighted by atomic mass is 16.3. The molecule has 3 aliphatic rings. The maximum Gasteiger partial charge on any atom is 0.258 e. The maximum atomic E-state index is 13.4. The van der Waals surface area contributed by atoms with Crippen molar-refractivity contribution >= 4 is 17.5 Å². The van der Waals surface area contributed by atoms with Gasteiger partial charge < -0.3 is 30.8 Å². The molecule has 176 valence electrons. The van der Waals surface area contributed by atoms with Gasteiger partial charge in [0.15, 0.2) is 11.4 Å². The third-order valence-corrected chi connectivity index (χ3v) is 7.23. The van der Waals surface area contributed by atoms with E-state index in [1.54, 1.807) is 14.1 Å². The summed E-state index contributed by atoms with van der Waals surface area (Å²) in [6, 6.07) is 3.13. The number of phenolic OH excluding ortho intramolecular Hbond substituents is 1. The van der Waals surface area contributed by atoms with Crippen molar-refractivity contribution in [3.63, 3.8) is 0 Å². The van der Waals surface area contributed by atoms with Crippen LogP contribution in [0.3, 0.4) is 0 Å². The Morgan fingerprint density at radius 2 is 1.79 bits per heavy atom. The molecule has 0 radical (unpaired) electrons. The average Bonchev–Trinajstić information content (AvgIpc) is 2.74. The molecule has 5 unspecified atom stereocenters. The molecule has 6 N–H and O–H groups in total. The summed E-state index contributed by atoms with van der Waals surface area (Å²) in [6.07, 6.45) is -0.177. The van der Waals surface area contributed by atoms with Crippen molar-refractivity contribution in [2.45, 2.75) is 30.6 Å². The van der Waals surface area contributed by atoms with Crippen LogP contribution in [0.15, 0.2) is 40.9 Å². The van der Waals surface area contributed by atoms with E-state index < -0.39 is 75.0 Å². The highest BCUT2D eigenvalue weighted by Gasteiger charge is 2.65. The first-order chi connectivity index (χ1) is 15.3. The summed E-state index contributed by atoms with van der Waals surface area (Å²) in [5, 5.41) is 57.7. The quantitative estimate of drug-likeness (QED) is 0.335. The average molecular weight is 458 g/mol. The predicted molar refractivity (Wildman–Crippen MR) is 114 cm³/mol. The fourth-order valence-corrected chi connectivity index (χ4v) is 5.62. The minimum Gasteiger partial charge on any atom is -0.510 e. The van der Waals surface area contributed by atoms with Gasteiger partial charge in [-0.1, -0.05) is 12.1 Å². The second-order valence-corrected chi connectivity index (χ2v) is 9.18. The maximum absolute atomic E-state index is 13.4. The molecule has 0 bridgehead atoms. The summed E-state index contributed by atoms with van der Waals surface area (Å²) in [7, 11) is 4.37. The third-order valence-electron chi connectivity index (χ3n) is 7.23. The van der Waals surface area contributed by atoms with Crippen molar-refractivity contribution in [2.24, 2.45) is 11.8 Å². The lowest BCUT2D eigenvalue weighted by Crippen LogP contribution is -2.65. The first kappa shape index (κ1) is 23.0. The molecular formula is C23H26N2O8. The van der Waals surface area contributed by atoms with E-state index in [0.29, 0.717) is 0 Å².